The molecule has 7 nitrogen and oxygen atoms in total. The normalized spacial score (nSPS) is 14.8. The van der Waals surface area contributed by atoms with E-state index in [0.29, 0.717) is 42.3 Å². The third-order valence-electron chi connectivity index (χ3n) is 4.42. The van der Waals surface area contributed by atoms with Crippen LogP contribution in [-0.4, -0.2) is 53.0 Å². The first-order chi connectivity index (χ1) is 12.6. The number of nitrogens with one attached hydrogen (secondary N) is 1. The van der Waals surface area contributed by atoms with E-state index in [9.17, 15) is 19.5 Å². The number of hydrogen-bond acceptors (Lipinski definition) is 6. The monoisotopic (exact) mass is 389 g/mol. The van der Waals surface area contributed by atoms with Crippen molar-refractivity contribution in [2.24, 2.45) is 0 Å². The van der Waals surface area contributed by atoms with Crippen molar-refractivity contribution in [2.45, 2.75) is 0 Å². The standard InChI is InChI=1S/C17H15N3O4S2/c21-15-12(17(23)24)13(14-10(18-15)3-9-26-14)19-4-6-20(7-5-19)16(22)11-2-1-8-25-11/h1-3,8-9H,4-7H2,(H,18,21)(H,23,24). The zero-order valence-corrected chi connectivity index (χ0v) is 15.2. The zero-order valence-electron chi connectivity index (χ0n) is 13.6. The van der Waals surface area contributed by atoms with E-state index in [1.165, 1.54) is 22.7 Å². The van der Waals surface area contributed by atoms with E-state index in [0.717, 1.165) is 4.70 Å². The highest BCUT2D eigenvalue weighted by atomic mass is 32.1. The van der Waals surface area contributed by atoms with Gasteiger partial charge in [0.25, 0.3) is 11.5 Å². The number of amides is 1. The number of carbonyl (C=O) groups is 2. The molecule has 1 fully saturated rings. The Morgan fingerprint density at radius 1 is 1.08 bits per heavy atom. The van der Waals surface area contributed by atoms with Crippen LogP contribution < -0.4 is 10.5 Å². The number of nitrogens with zero attached hydrogens (tertiary/aromatic N) is 2. The van der Waals surface area contributed by atoms with Gasteiger partial charge in [-0.3, -0.25) is 9.59 Å². The van der Waals surface area contributed by atoms with Crippen LogP contribution in [0.25, 0.3) is 10.2 Å². The van der Waals surface area contributed by atoms with Gasteiger partial charge in [0.1, 0.15) is 5.56 Å². The number of pyridine rings is 1. The second-order valence-corrected chi connectivity index (χ2v) is 7.77. The summed E-state index contributed by atoms with van der Waals surface area (Å²) in [6, 6.07) is 5.41. The second-order valence-electron chi connectivity index (χ2n) is 5.90. The highest BCUT2D eigenvalue weighted by Gasteiger charge is 2.28. The highest BCUT2D eigenvalue weighted by Crippen LogP contribution is 2.32. The maximum atomic E-state index is 12.5. The summed E-state index contributed by atoms with van der Waals surface area (Å²) < 4.78 is 0.750. The van der Waals surface area contributed by atoms with Gasteiger partial charge in [-0.05, 0) is 22.9 Å². The Morgan fingerprint density at radius 2 is 1.85 bits per heavy atom. The van der Waals surface area contributed by atoms with Crippen molar-refractivity contribution >= 4 is 50.5 Å². The van der Waals surface area contributed by atoms with Gasteiger partial charge >= 0.3 is 5.97 Å². The average molecular weight is 389 g/mol. The molecule has 3 aromatic rings. The molecule has 1 saturated heterocycles. The van der Waals surface area contributed by atoms with Gasteiger partial charge in [0.15, 0.2) is 0 Å². The predicted molar refractivity (Wildman–Crippen MR) is 102 cm³/mol. The molecule has 134 valence electrons. The topological polar surface area (TPSA) is 93.7 Å². The van der Waals surface area contributed by atoms with E-state index in [2.05, 4.69) is 4.98 Å². The van der Waals surface area contributed by atoms with Gasteiger partial charge in [-0.1, -0.05) is 6.07 Å². The Hall–Kier alpha value is -2.65. The Morgan fingerprint density at radius 3 is 2.50 bits per heavy atom. The molecule has 1 aliphatic rings. The lowest BCUT2D eigenvalue weighted by molar-refractivity contribution is 0.0691. The fraction of sp³-hybridized carbons (Fsp3) is 0.235. The number of carbonyl (C=O) groups excluding carboxylic acids is 1. The number of rotatable bonds is 3. The predicted octanol–water partition coefficient (Wildman–Crippen LogP) is 2.31. The van der Waals surface area contributed by atoms with Crippen LogP contribution in [0.4, 0.5) is 5.69 Å². The Bertz CT molecular complexity index is 1030. The van der Waals surface area contributed by atoms with Crippen molar-refractivity contribution in [3.05, 3.63) is 49.8 Å². The molecular weight excluding hydrogens is 374 g/mol. The fourth-order valence-corrected chi connectivity index (χ4v) is 4.81. The maximum absolute atomic E-state index is 12.5. The number of aromatic amines is 1. The lowest BCUT2D eigenvalue weighted by Gasteiger charge is -2.36. The molecule has 4 rings (SSSR count). The number of anilines is 1. The van der Waals surface area contributed by atoms with Crippen LogP contribution in [0.3, 0.4) is 0 Å². The van der Waals surface area contributed by atoms with E-state index < -0.39 is 11.5 Å². The summed E-state index contributed by atoms with van der Waals surface area (Å²) in [5, 5.41) is 13.2. The van der Waals surface area contributed by atoms with Crippen LogP contribution in [0.5, 0.6) is 0 Å². The maximum Gasteiger partial charge on any atom is 0.343 e. The number of hydrogen-bond donors (Lipinski definition) is 2. The minimum atomic E-state index is -1.24. The summed E-state index contributed by atoms with van der Waals surface area (Å²) in [4.78, 5) is 43.4. The summed E-state index contributed by atoms with van der Waals surface area (Å²) in [6.45, 7) is 1.92. The average Bonchev–Trinajstić information content (AvgIpc) is 3.31. The quantitative estimate of drug-likeness (QED) is 0.717. The van der Waals surface area contributed by atoms with E-state index in [1.54, 1.807) is 17.0 Å². The van der Waals surface area contributed by atoms with Crippen LogP contribution in [0.15, 0.2) is 33.8 Å². The van der Waals surface area contributed by atoms with E-state index in [-0.39, 0.29) is 11.5 Å². The van der Waals surface area contributed by atoms with Crippen molar-refractivity contribution in [2.75, 3.05) is 31.1 Å². The smallest absolute Gasteiger partial charge is 0.343 e. The third kappa shape index (κ3) is 2.78. The fourth-order valence-electron chi connectivity index (χ4n) is 3.19. The van der Waals surface area contributed by atoms with Gasteiger partial charge < -0.3 is 19.9 Å². The molecule has 0 unspecified atom stereocenters. The highest BCUT2D eigenvalue weighted by molar-refractivity contribution is 7.17. The number of aromatic nitrogens is 1. The zero-order chi connectivity index (χ0) is 18.3. The second kappa shape index (κ2) is 6.58. The minimum Gasteiger partial charge on any atom is -0.477 e. The van der Waals surface area contributed by atoms with Crippen LogP contribution in [0.1, 0.15) is 20.0 Å². The molecule has 4 heterocycles. The molecule has 0 atom stereocenters. The number of carboxylic acids is 1. The largest absolute Gasteiger partial charge is 0.477 e. The molecule has 26 heavy (non-hydrogen) atoms. The number of aromatic carboxylic acids is 1. The summed E-state index contributed by atoms with van der Waals surface area (Å²) in [5.74, 6) is -1.25. The van der Waals surface area contributed by atoms with Crippen LogP contribution in [-0.2, 0) is 0 Å². The molecule has 0 spiro atoms. The number of fused-ring (bicyclic) bond motifs is 1. The van der Waals surface area contributed by atoms with Gasteiger partial charge in [-0.2, -0.15) is 0 Å². The van der Waals surface area contributed by atoms with Crippen molar-refractivity contribution < 1.29 is 14.7 Å². The van der Waals surface area contributed by atoms with Gasteiger partial charge in [0.05, 0.1) is 20.8 Å². The summed E-state index contributed by atoms with van der Waals surface area (Å²) in [6.07, 6.45) is 0. The number of carboxylic acid groups (broad SMARTS) is 1. The minimum absolute atomic E-state index is 0.00899. The number of thiophene rings is 2. The van der Waals surface area contributed by atoms with Gasteiger partial charge in [-0.15, -0.1) is 22.7 Å². The van der Waals surface area contributed by atoms with Crippen molar-refractivity contribution in [1.29, 1.82) is 0 Å². The summed E-state index contributed by atoms with van der Waals surface area (Å²) >= 11 is 2.81. The molecular formula is C17H15N3O4S2. The summed E-state index contributed by atoms with van der Waals surface area (Å²) in [5.41, 5.74) is 0.250. The molecule has 0 aromatic carbocycles. The molecule has 0 radical (unpaired) electrons. The first kappa shape index (κ1) is 16.8. The first-order valence-corrected chi connectivity index (χ1v) is 9.76. The third-order valence-corrected chi connectivity index (χ3v) is 6.20. The number of H-pyrrole nitrogens is 1. The molecule has 1 aliphatic heterocycles. The molecule has 0 aliphatic carbocycles. The molecule has 0 saturated carbocycles. The van der Waals surface area contributed by atoms with Gasteiger partial charge in [0.2, 0.25) is 0 Å². The first-order valence-electron chi connectivity index (χ1n) is 8.01. The summed E-state index contributed by atoms with van der Waals surface area (Å²) in [7, 11) is 0. The molecule has 3 aromatic heterocycles. The van der Waals surface area contributed by atoms with Crippen molar-refractivity contribution in [1.82, 2.24) is 9.88 Å². The van der Waals surface area contributed by atoms with Crippen molar-refractivity contribution in [3.63, 3.8) is 0 Å². The van der Waals surface area contributed by atoms with Crippen molar-refractivity contribution in [3.8, 4) is 0 Å². The SMILES string of the molecule is O=C(O)c1c(N2CCN(C(=O)c3cccs3)CC2)c2sccc2[nH]c1=O. The van der Waals surface area contributed by atoms with E-state index in [1.807, 2.05) is 21.7 Å². The van der Waals surface area contributed by atoms with Gasteiger partial charge in [0, 0.05) is 26.2 Å². The molecule has 2 N–H and O–H groups in total. The Kier molecular flexibility index (Phi) is 4.25. The lowest BCUT2D eigenvalue weighted by Crippen LogP contribution is -2.49. The van der Waals surface area contributed by atoms with Crippen LogP contribution in [0, 0.1) is 0 Å². The van der Waals surface area contributed by atoms with E-state index in [4.69, 9.17) is 0 Å². The Labute approximate surface area is 156 Å². The van der Waals surface area contributed by atoms with E-state index >= 15 is 0 Å². The molecule has 9 heteroatoms. The lowest BCUT2D eigenvalue weighted by atomic mass is 10.1. The number of piperazine rings is 1. The Balaban J connectivity index is 1.65. The van der Waals surface area contributed by atoms with Crippen LogP contribution >= 0.6 is 22.7 Å². The molecule has 1 amide bonds. The van der Waals surface area contributed by atoms with Crippen LogP contribution in [0.2, 0.25) is 0 Å². The van der Waals surface area contributed by atoms with Gasteiger partial charge in [-0.25, -0.2) is 4.79 Å². The molecule has 0 bridgehead atoms.